The minimum Gasteiger partial charge on any atom is -0.493 e. The molecular weight excluding hydrogens is 286 g/mol. The van der Waals surface area contributed by atoms with Gasteiger partial charge in [-0.15, -0.1) is 6.42 Å². The second-order valence-corrected chi connectivity index (χ2v) is 3.90. The Morgan fingerprint density at radius 1 is 1.59 bits per heavy atom. The highest BCUT2D eigenvalue weighted by Crippen LogP contribution is 2.34. The van der Waals surface area contributed by atoms with Crippen molar-refractivity contribution in [2.45, 2.75) is 0 Å². The van der Waals surface area contributed by atoms with Crippen LogP contribution in [0, 0.1) is 12.3 Å². The van der Waals surface area contributed by atoms with Gasteiger partial charge in [-0.2, -0.15) is 0 Å². The van der Waals surface area contributed by atoms with Gasteiger partial charge in [-0.05, 0) is 28.1 Å². The van der Waals surface area contributed by atoms with Gasteiger partial charge in [0.15, 0.2) is 18.1 Å². The molecule has 1 aromatic rings. The number of rotatable bonds is 5. The summed E-state index contributed by atoms with van der Waals surface area (Å²) in [7, 11) is 1.53. The first-order chi connectivity index (χ1) is 8.19. The van der Waals surface area contributed by atoms with E-state index in [2.05, 4.69) is 27.2 Å². The third-order valence-corrected chi connectivity index (χ3v) is 2.51. The molecule has 5 heteroatoms. The zero-order valence-corrected chi connectivity index (χ0v) is 10.9. The quantitative estimate of drug-likeness (QED) is 0.840. The van der Waals surface area contributed by atoms with Crippen molar-refractivity contribution in [3.63, 3.8) is 0 Å². The maximum Gasteiger partial charge on any atom is 0.258 e. The molecule has 0 aromatic heterocycles. The smallest absolute Gasteiger partial charge is 0.258 e. The van der Waals surface area contributed by atoms with Crippen molar-refractivity contribution in [1.82, 2.24) is 5.32 Å². The molecule has 0 fully saturated rings. The van der Waals surface area contributed by atoms with Gasteiger partial charge < -0.3 is 14.8 Å². The van der Waals surface area contributed by atoms with Gasteiger partial charge in [-0.25, -0.2) is 0 Å². The molecule has 0 unspecified atom stereocenters. The van der Waals surface area contributed by atoms with Crippen LogP contribution in [0.4, 0.5) is 0 Å². The Labute approximate surface area is 108 Å². The number of nitrogens with one attached hydrogen (secondary N) is 1. The predicted molar refractivity (Wildman–Crippen MR) is 68.0 cm³/mol. The molecule has 0 spiro atoms. The first kappa shape index (κ1) is 13.4. The van der Waals surface area contributed by atoms with Crippen molar-refractivity contribution in [1.29, 1.82) is 0 Å². The maximum absolute atomic E-state index is 11.3. The summed E-state index contributed by atoms with van der Waals surface area (Å²) >= 11 is 3.32. The molecule has 0 aliphatic carbocycles. The molecule has 1 rings (SSSR count). The number of carbonyl (C=O) groups is 1. The van der Waals surface area contributed by atoms with E-state index in [0.717, 1.165) is 4.47 Å². The van der Waals surface area contributed by atoms with Crippen molar-refractivity contribution in [3.05, 3.63) is 22.7 Å². The Hall–Kier alpha value is -1.67. The second kappa shape index (κ2) is 6.81. The van der Waals surface area contributed by atoms with Gasteiger partial charge in [0.2, 0.25) is 0 Å². The highest BCUT2D eigenvalue weighted by Gasteiger charge is 2.10. The number of para-hydroxylation sites is 1. The lowest BCUT2D eigenvalue weighted by Crippen LogP contribution is -2.29. The summed E-state index contributed by atoms with van der Waals surface area (Å²) in [4.78, 5) is 11.3. The van der Waals surface area contributed by atoms with E-state index in [-0.39, 0.29) is 19.1 Å². The van der Waals surface area contributed by atoms with Gasteiger partial charge in [0.05, 0.1) is 18.1 Å². The Bertz CT molecular complexity index is 440. The first-order valence-electron chi connectivity index (χ1n) is 4.84. The Morgan fingerprint density at radius 2 is 2.35 bits per heavy atom. The summed E-state index contributed by atoms with van der Waals surface area (Å²) in [6.45, 7) is 0.0793. The number of terminal acetylenes is 1. The molecule has 90 valence electrons. The van der Waals surface area contributed by atoms with E-state index in [1.807, 2.05) is 6.07 Å². The third-order valence-electron chi connectivity index (χ3n) is 1.89. The number of ether oxygens (including phenoxy) is 2. The molecule has 0 atom stereocenters. The average molecular weight is 298 g/mol. The Morgan fingerprint density at radius 3 is 3.00 bits per heavy atom. The Balaban J connectivity index is 2.63. The van der Waals surface area contributed by atoms with E-state index >= 15 is 0 Å². The van der Waals surface area contributed by atoms with Crippen LogP contribution in [-0.2, 0) is 4.79 Å². The van der Waals surface area contributed by atoms with Crippen molar-refractivity contribution >= 4 is 21.8 Å². The summed E-state index contributed by atoms with van der Waals surface area (Å²) in [6.07, 6.45) is 5.02. The summed E-state index contributed by atoms with van der Waals surface area (Å²) in [5.74, 6) is 3.08. The summed E-state index contributed by atoms with van der Waals surface area (Å²) in [6, 6.07) is 5.37. The second-order valence-electron chi connectivity index (χ2n) is 3.04. The third kappa shape index (κ3) is 4.00. The van der Waals surface area contributed by atoms with E-state index in [0.29, 0.717) is 11.5 Å². The van der Waals surface area contributed by atoms with Crippen molar-refractivity contribution in [3.8, 4) is 23.8 Å². The van der Waals surface area contributed by atoms with Crippen LogP contribution < -0.4 is 14.8 Å². The van der Waals surface area contributed by atoms with E-state index in [9.17, 15) is 4.79 Å². The molecule has 0 saturated carbocycles. The molecular formula is C12H12BrNO3. The van der Waals surface area contributed by atoms with E-state index in [1.165, 1.54) is 7.11 Å². The Kier molecular flexibility index (Phi) is 5.37. The van der Waals surface area contributed by atoms with E-state index in [1.54, 1.807) is 12.1 Å². The SMILES string of the molecule is C#CCNC(=O)COc1c(Br)cccc1OC. The van der Waals surface area contributed by atoms with Gasteiger partial charge in [0.1, 0.15) is 0 Å². The number of methoxy groups -OCH3 is 1. The number of carbonyl (C=O) groups excluding carboxylic acids is 1. The van der Waals surface area contributed by atoms with Crippen LogP contribution in [0.1, 0.15) is 0 Å². The highest BCUT2D eigenvalue weighted by atomic mass is 79.9. The minimum atomic E-state index is -0.277. The molecule has 0 radical (unpaired) electrons. The molecule has 4 nitrogen and oxygen atoms in total. The highest BCUT2D eigenvalue weighted by molar-refractivity contribution is 9.10. The molecule has 0 bridgehead atoms. The van der Waals surface area contributed by atoms with Gasteiger partial charge >= 0.3 is 0 Å². The van der Waals surface area contributed by atoms with Gasteiger partial charge in [0.25, 0.3) is 5.91 Å². The fourth-order valence-electron chi connectivity index (χ4n) is 1.13. The average Bonchev–Trinajstić information content (AvgIpc) is 2.34. The van der Waals surface area contributed by atoms with Crippen molar-refractivity contribution < 1.29 is 14.3 Å². The van der Waals surface area contributed by atoms with Gasteiger partial charge in [0, 0.05) is 0 Å². The molecule has 0 aliphatic rings. The van der Waals surface area contributed by atoms with Crippen LogP contribution in [0.3, 0.4) is 0 Å². The number of hydrogen-bond acceptors (Lipinski definition) is 3. The zero-order valence-electron chi connectivity index (χ0n) is 9.33. The fraction of sp³-hybridized carbons (Fsp3) is 0.250. The zero-order chi connectivity index (χ0) is 12.7. The summed E-state index contributed by atoms with van der Waals surface area (Å²) < 4.78 is 11.2. The molecule has 17 heavy (non-hydrogen) atoms. The van der Waals surface area contributed by atoms with E-state index in [4.69, 9.17) is 15.9 Å². The fourth-order valence-corrected chi connectivity index (χ4v) is 1.59. The molecule has 0 saturated heterocycles. The lowest BCUT2D eigenvalue weighted by atomic mass is 10.3. The topological polar surface area (TPSA) is 47.6 Å². The van der Waals surface area contributed by atoms with Crippen LogP contribution in [0.2, 0.25) is 0 Å². The maximum atomic E-state index is 11.3. The molecule has 0 aliphatic heterocycles. The van der Waals surface area contributed by atoms with Crippen LogP contribution >= 0.6 is 15.9 Å². The lowest BCUT2D eigenvalue weighted by molar-refractivity contribution is -0.122. The summed E-state index contributed by atoms with van der Waals surface area (Å²) in [5.41, 5.74) is 0. The monoisotopic (exact) mass is 297 g/mol. The molecule has 0 heterocycles. The van der Waals surface area contributed by atoms with Crippen LogP contribution in [-0.4, -0.2) is 26.2 Å². The van der Waals surface area contributed by atoms with Crippen molar-refractivity contribution in [2.75, 3.05) is 20.3 Å². The largest absolute Gasteiger partial charge is 0.493 e. The van der Waals surface area contributed by atoms with E-state index < -0.39 is 0 Å². The molecule has 1 aromatic carbocycles. The van der Waals surface area contributed by atoms with Crippen molar-refractivity contribution in [2.24, 2.45) is 0 Å². The number of amides is 1. The first-order valence-corrected chi connectivity index (χ1v) is 5.63. The van der Waals surface area contributed by atoms with Crippen LogP contribution in [0.15, 0.2) is 22.7 Å². The van der Waals surface area contributed by atoms with Gasteiger partial charge in [-0.3, -0.25) is 4.79 Å². The number of benzene rings is 1. The van der Waals surface area contributed by atoms with Crippen LogP contribution in [0.25, 0.3) is 0 Å². The standard InChI is InChI=1S/C12H12BrNO3/c1-3-7-14-11(15)8-17-12-9(13)5-4-6-10(12)16-2/h1,4-6H,7-8H2,2H3,(H,14,15). The summed E-state index contributed by atoms with van der Waals surface area (Å²) in [5, 5.41) is 2.50. The minimum absolute atomic E-state index is 0.110. The molecule has 1 amide bonds. The normalized spacial score (nSPS) is 9.24. The number of halogens is 1. The number of hydrogen-bond donors (Lipinski definition) is 1. The van der Waals surface area contributed by atoms with Crippen LogP contribution in [0.5, 0.6) is 11.5 Å². The lowest BCUT2D eigenvalue weighted by Gasteiger charge is -2.11. The predicted octanol–water partition coefficient (Wildman–Crippen LogP) is 1.59. The van der Waals surface area contributed by atoms with Gasteiger partial charge in [-0.1, -0.05) is 12.0 Å². The molecule has 1 N–H and O–H groups in total.